The summed E-state index contributed by atoms with van der Waals surface area (Å²) >= 11 is 0. The highest BCUT2D eigenvalue weighted by atomic mass is 16.3. The maximum Gasteiger partial charge on any atom is 0.0778 e. The molecule has 0 aliphatic heterocycles. The summed E-state index contributed by atoms with van der Waals surface area (Å²) in [6, 6.07) is 0. The van der Waals surface area contributed by atoms with E-state index >= 15 is 0 Å². The fraction of sp³-hybridized carbons (Fsp3) is 0.875. The minimum absolute atomic E-state index is 0.118. The summed E-state index contributed by atoms with van der Waals surface area (Å²) in [7, 11) is 0. The molecule has 3 aliphatic carbocycles. The summed E-state index contributed by atoms with van der Waals surface area (Å²) in [5.41, 5.74) is 1.29. The first-order chi connectivity index (χ1) is 8.52. The Morgan fingerprint density at radius 2 is 1.83 bits per heavy atom. The molecular formula is C16H26O2. The number of hydrogen-bond donors (Lipinski definition) is 2. The molecule has 0 heterocycles. The van der Waals surface area contributed by atoms with E-state index in [1.165, 1.54) is 19.3 Å². The van der Waals surface area contributed by atoms with E-state index < -0.39 is 0 Å². The molecule has 3 rings (SSSR count). The van der Waals surface area contributed by atoms with Gasteiger partial charge in [0.2, 0.25) is 0 Å². The Morgan fingerprint density at radius 3 is 2.61 bits per heavy atom. The molecule has 0 aromatic rings. The molecular weight excluding hydrogens is 224 g/mol. The summed E-state index contributed by atoms with van der Waals surface area (Å²) in [5.74, 6) is 1.75. The Balaban J connectivity index is 1.88. The predicted octanol–water partition coefficient (Wildman–Crippen LogP) is 2.89. The number of fused-ring (bicyclic) bond motifs is 3. The molecule has 102 valence electrons. The number of hydrogen-bond acceptors (Lipinski definition) is 2. The zero-order chi connectivity index (χ0) is 12.9. The normalized spacial score (nSPS) is 52.6. The van der Waals surface area contributed by atoms with Gasteiger partial charge in [-0.1, -0.05) is 13.5 Å². The molecule has 0 aromatic carbocycles. The van der Waals surface area contributed by atoms with Gasteiger partial charge in [0.05, 0.1) is 12.2 Å². The van der Waals surface area contributed by atoms with Crippen molar-refractivity contribution in [1.82, 2.24) is 0 Å². The second-order valence-electron chi connectivity index (χ2n) is 7.13. The molecule has 6 atom stereocenters. The van der Waals surface area contributed by atoms with Crippen molar-refractivity contribution in [3.05, 3.63) is 12.2 Å². The monoisotopic (exact) mass is 250 g/mol. The highest BCUT2D eigenvalue weighted by molar-refractivity contribution is 5.14. The molecule has 3 saturated carbocycles. The lowest BCUT2D eigenvalue weighted by molar-refractivity contribution is -0.109. The summed E-state index contributed by atoms with van der Waals surface area (Å²) in [5, 5.41) is 20.4. The molecule has 2 nitrogen and oxygen atoms in total. The van der Waals surface area contributed by atoms with Crippen LogP contribution in [-0.4, -0.2) is 22.4 Å². The topological polar surface area (TPSA) is 40.5 Å². The summed E-state index contributed by atoms with van der Waals surface area (Å²) in [4.78, 5) is 0. The van der Waals surface area contributed by atoms with Crippen molar-refractivity contribution in [3.63, 3.8) is 0 Å². The maximum absolute atomic E-state index is 10.4. The molecule has 2 heteroatoms. The van der Waals surface area contributed by atoms with Crippen LogP contribution in [0.1, 0.15) is 51.9 Å². The smallest absolute Gasteiger partial charge is 0.0778 e. The van der Waals surface area contributed by atoms with Gasteiger partial charge in [-0.25, -0.2) is 0 Å². The Bertz CT molecular complexity index is 351. The van der Waals surface area contributed by atoms with Crippen LogP contribution < -0.4 is 0 Å². The fourth-order valence-electron chi connectivity index (χ4n) is 5.23. The Morgan fingerprint density at radius 1 is 1.11 bits per heavy atom. The molecule has 0 saturated heterocycles. The Kier molecular flexibility index (Phi) is 3.06. The molecule has 0 aromatic heterocycles. The number of aliphatic hydroxyl groups is 2. The van der Waals surface area contributed by atoms with Crippen LogP contribution in [0.25, 0.3) is 0 Å². The molecule has 18 heavy (non-hydrogen) atoms. The van der Waals surface area contributed by atoms with Gasteiger partial charge >= 0.3 is 0 Å². The van der Waals surface area contributed by atoms with Gasteiger partial charge < -0.3 is 10.2 Å². The molecule has 0 spiro atoms. The van der Waals surface area contributed by atoms with E-state index in [1.54, 1.807) is 0 Å². The maximum atomic E-state index is 10.4. The van der Waals surface area contributed by atoms with E-state index in [9.17, 15) is 10.2 Å². The molecule has 3 aliphatic rings. The van der Waals surface area contributed by atoms with Gasteiger partial charge in [0.1, 0.15) is 0 Å². The van der Waals surface area contributed by atoms with Crippen LogP contribution in [0.4, 0.5) is 0 Å². The summed E-state index contributed by atoms with van der Waals surface area (Å²) in [6.45, 7) is 6.40. The van der Waals surface area contributed by atoms with Crippen LogP contribution in [0.2, 0.25) is 0 Å². The van der Waals surface area contributed by atoms with Crippen molar-refractivity contribution in [1.29, 1.82) is 0 Å². The van der Waals surface area contributed by atoms with Crippen molar-refractivity contribution in [2.45, 2.75) is 64.1 Å². The van der Waals surface area contributed by atoms with E-state index in [2.05, 4.69) is 13.5 Å². The van der Waals surface area contributed by atoms with Crippen molar-refractivity contribution in [3.8, 4) is 0 Å². The van der Waals surface area contributed by atoms with Crippen molar-refractivity contribution >= 4 is 0 Å². The predicted molar refractivity (Wildman–Crippen MR) is 72.0 cm³/mol. The largest absolute Gasteiger partial charge is 0.393 e. The van der Waals surface area contributed by atoms with Crippen LogP contribution >= 0.6 is 0 Å². The van der Waals surface area contributed by atoms with Crippen LogP contribution in [-0.2, 0) is 0 Å². The lowest BCUT2D eigenvalue weighted by Gasteiger charge is -2.57. The standard InChI is InChI=1S/C16H26O2/c1-10-3-8-14-13(15(10)18)7-5-11-4-6-12(17)9-16(11,14)2/h11-15,17-18H,1,3-9H2,2H3/t11?,12?,13?,14?,15?,16-/m1/s1. The summed E-state index contributed by atoms with van der Waals surface area (Å²) in [6.07, 6.45) is 7.22. The molecule has 2 N–H and O–H groups in total. The third kappa shape index (κ3) is 1.77. The summed E-state index contributed by atoms with van der Waals surface area (Å²) < 4.78 is 0. The van der Waals surface area contributed by atoms with Crippen molar-refractivity contribution in [2.75, 3.05) is 0 Å². The van der Waals surface area contributed by atoms with Gasteiger partial charge in [-0.15, -0.1) is 0 Å². The minimum atomic E-state index is -0.291. The lowest BCUT2D eigenvalue weighted by Crippen LogP contribution is -2.52. The van der Waals surface area contributed by atoms with E-state index in [1.807, 2.05) is 0 Å². The lowest BCUT2D eigenvalue weighted by atomic mass is 9.49. The van der Waals surface area contributed by atoms with Gasteiger partial charge in [-0.2, -0.15) is 0 Å². The average molecular weight is 250 g/mol. The van der Waals surface area contributed by atoms with Crippen LogP contribution in [0.15, 0.2) is 12.2 Å². The van der Waals surface area contributed by atoms with Gasteiger partial charge in [0.25, 0.3) is 0 Å². The number of rotatable bonds is 0. The first kappa shape index (κ1) is 12.7. The molecule has 5 unspecified atom stereocenters. The van der Waals surface area contributed by atoms with E-state index in [0.717, 1.165) is 37.2 Å². The van der Waals surface area contributed by atoms with Crippen LogP contribution in [0.3, 0.4) is 0 Å². The zero-order valence-electron chi connectivity index (χ0n) is 11.4. The highest BCUT2D eigenvalue weighted by Gasteiger charge is 2.53. The van der Waals surface area contributed by atoms with E-state index in [4.69, 9.17) is 0 Å². The van der Waals surface area contributed by atoms with Gasteiger partial charge in [-0.3, -0.25) is 0 Å². The Labute approximate surface area is 110 Å². The molecule has 0 radical (unpaired) electrons. The van der Waals surface area contributed by atoms with Crippen molar-refractivity contribution < 1.29 is 10.2 Å². The van der Waals surface area contributed by atoms with Gasteiger partial charge in [0.15, 0.2) is 0 Å². The van der Waals surface area contributed by atoms with Gasteiger partial charge in [-0.05, 0) is 73.7 Å². The van der Waals surface area contributed by atoms with Crippen LogP contribution in [0.5, 0.6) is 0 Å². The van der Waals surface area contributed by atoms with Crippen molar-refractivity contribution in [2.24, 2.45) is 23.2 Å². The minimum Gasteiger partial charge on any atom is -0.393 e. The second-order valence-corrected chi connectivity index (χ2v) is 7.13. The molecule has 3 fully saturated rings. The Hall–Kier alpha value is -0.340. The third-order valence-electron chi connectivity index (χ3n) is 6.27. The van der Waals surface area contributed by atoms with E-state index in [-0.39, 0.29) is 17.6 Å². The number of aliphatic hydroxyl groups excluding tert-OH is 2. The quantitative estimate of drug-likeness (QED) is 0.649. The molecule has 0 bridgehead atoms. The zero-order valence-corrected chi connectivity index (χ0v) is 11.4. The average Bonchev–Trinajstić information content (AvgIpc) is 2.32. The van der Waals surface area contributed by atoms with Crippen LogP contribution in [0, 0.1) is 23.2 Å². The SMILES string of the molecule is C=C1CCC2C(CCC3CCC(O)C[C@]32C)C1O. The first-order valence-corrected chi connectivity index (χ1v) is 7.56. The van der Waals surface area contributed by atoms with Gasteiger partial charge in [0, 0.05) is 0 Å². The van der Waals surface area contributed by atoms with E-state index in [0.29, 0.717) is 11.8 Å². The second kappa shape index (κ2) is 4.35. The first-order valence-electron chi connectivity index (χ1n) is 7.56. The highest BCUT2D eigenvalue weighted by Crippen LogP contribution is 2.59. The fourth-order valence-corrected chi connectivity index (χ4v) is 5.23. The third-order valence-corrected chi connectivity index (χ3v) is 6.27. The molecule has 0 amide bonds.